The van der Waals surface area contributed by atoms with Gasteiger partial charge < -0.3 is 23.5 Å². The van der Waals surface area contributed by atoms with E-state index in [4.69, 9.17) is 9.47 Å². The largest absolute Gasteiger partial charge is 0.458 e. The normalized spacial score (nSPS) is 42.5. The number of esters is 2. The molecule has 8 heteroatoms. The molecule has 0 saturated heterocycles. The van der Waals surface area contributed by atoms with Crippen LogP contribution in [0.25, 0.3) is 0 Å². The third kappa shape index (κ3) is 5.42. The van der Waals surface area contributed by atoms with Crippen LogP contribution in [0, 0.1) is 40.4 Å². The van der Waals surface area contributed by atoms with Crippen molar-refractivity contribution in [3.8, 4) is 0 Å². The van der Waals surface area contributed by atoms with Gasteiger partial charge in [0.1, 0.15) is 19.3 Å². The molecule has 4 aliphatic carbocycles. The fourth-order valence-corrected chi connectivity index (χ4v) is 10.1. The van der Waals surface area contributed by atoms with Crippen LogP contribution in [0.3, 0.4) is 0 Å². The number of cyclic esters (lactones) is 1. The van der Waals surface area contributed by atoms with E-state index < -0.39 is 11.0 Å². The van der Waals surface area contributed by atoms with E-state index in [1.54, 1.807) is 6.08 Å². The lowest BCUT2D eigenvalue weighted by Crippen LogP contribution is -2.62. The van der Waals surface area contributed by atoms with Gasteiger partial charge in [-0.2, -0.15) is 0 Å². The molecule has 4 fully saturated rings. The van der Waals surface area contributed by atoms with Crippen LogP contribution in [0.2, 0.25) is 0 Å². The number of Topliss-reactive ketones (excluding diaryl/α,β-unsaturated/α-hetero) is 1. The zero-order valence-electron chi connectivity index (χ0n) is 26.7. The number of hydrogen-bond donors (Lipinski definition) is 1. The van der Waals surface area contributed by atoms with Crippen LogP contribution < -0.4 is 0 Å². The van der Waals surface area contributed by atoms with Gasteiger partial charge in [0.05, 0.1) is 47.9 Å². The summed E-state index contributed by atoms with van der Waals surface area (Å²) in [7, 11) is 12.1. The monoisotopic (exact) mass is 574 g/mol. The second kappa shape index (κ2) is 10.2. The molecule has 0 radical (unpaired) electrons. The average Bonchev–Trinajstić information content (AvgIpc) is 3.34. The number of nitrogens with zero attached hydrogens (tertiary/aromatic N) is 2. The Morgan fingerprint density at radius 1 is 0.976 bits per heavy atom. The van der Waals surface area contributed by atoms with Gasteiger partial charge in [-0.3, -0.25) is 4.79 Å². The molecule has 1 heterocycles. The second-order valence-corrected chi connectivity index (χ2v) is 16.7. The third-order valence-electron chi connectivity index (χ3n) is 11.9. The standard InChI is InChI=1S/C33H54N2O6/c1-31-13-11-23(41-29(38)19-35(6,7)8)16-22(31)9-10-26-25(31)12-14-32(2)30(21-15-28(37)40-20-21)24(17-33(26,32)39)27(36)18-34(3,4)5/h15,22-26,30,39H,9-14,16-20H2,1-8H3/q+2/t22?,23?,24?,25?,26?,30?,31-,32+,33?/m0/s1. The summed E-state index contributed by atoms with van der Waals surface area (Å²) in [6.07, 6.45) is 8.57. The lowest BCUT2D eigenvalue weighted by atomic mass is 9.43. The van der Waals surface area contributed by atoms with E-state index in [0.29, 0.717) is 40.3 Å². The zero-order valence-corrected chi connectivity index (χ0v) is 26.7. The lowest BCUT2D eigenvalue weighted by molar-refractivity contribution is -0.862. The summed E-state index contributed by atoms with van der Waals surface area (Å²) in [5.74, 6) is 0.173. The van der Waals surface area contributed by atoms with Gasteiger partial charge in [0.15, 0.2) is 12.3 Å². The van der Waals surface area contributed by atoms with E-state index in [1.165, 1.54) is 0 Å². The summed E-state index contributed by atoms with van der Waals surface area (Å²) in [5.41, 5.74) is -0.488. The SMILES string of the molecule is C[C@]12CCC(OC(=O)C[N+](C)(C)C)CC1CCC1C2CC[C@]2(C)C(C3=CC(=O)OC3)C(C(=O)C[N+](C)(C)C)CC12O. The molecule has 41 heavy (non-hydrogen) atoms. The van der Waals surface area contributed by atoms with Crippen molar-refractivity contribution in [2.75, 3.05) is 62.0 Å². The van der Waals surface area contributed by atoms with Gasteiger partial charge in [0, 0.05) is 23.3 Å². The number of ketones is 1. The van der Waals surface area contributed by atoms with Crippen molar-refractivity contribution >= 4 is 17.7 Å². The van der Waals surface area contributed by atoms with Crippen LogP contribution in [-0.4, -0.2) is 105 Å². The molecule has 1 aliphatic heterocycles. The number of rotatable bonds is 7. The Labute approximate surface area is 246 Å². The van der Waals surface area contributed by atoms with E-state index in [9.17, 15) is 19.5 Å². The summed E-state index contributed by atoms with van der Waals surface area (Å²) >= 11 is 0. The Morgan fingerprint density at radius 2 is 1.66 bits per heavy atom. The van der Waals surface area contributed by atoms with Gasteiger partial charge in [-0.25, -0.2) is 9.59 Å². The summed E-state index contributed by atoms with van der Waals surface area (Å²) in [4.78, 5) is 38.6. The van der Waals surface area contributed by atoms with E-state index in [0.717, 1.165) is 50.5 Å². The van der Waals surface area contributed by atoms with E-state index in [-0.39, 0.29) is 53.6 Å². The average molecular weight is 575 g/mol. The Bertz CT molecular complexity index is 1120. The molecule has 4 saturated carbocycles. The fraction of sp³-hybridized carbons (Fsp3) is 0.848. The molecule has 5 aliphatic rings. The van der Waals surface area contributed by atoms with Crippen molar-refractivity contribution in [1.82, 2.24) is 0 Å². The first kappa shape index (κ1) is 30.7. The van der Waals surface area contributed by atoms with Crippen molar-refractivity contribution in [1.29, 1.82) is 0 Å². The Balaban J connectivity index is 1.40. The van der Waals surface area contributed by atoms with Crippen LogP contribution >= 0.6 is 0 Å². The minimum absolute atomic E-state index is 0.0270. The molecule has 0 aromatic carbocycles. The molecule has 8 nitrogen and oxygen atoms in total. The number of fused-ring (bicyclic) bond motifs is 5. The van der Waals surface area contributed by atoms with Gasteiger partial charge >= 0.3 is 11.9 Å². The first-order valence-electron chi connectivity index (χ1n) is 15.8. The van der Waals surface area contributed by atoms with Crippen molar-refractivity contribution in [2.45, 2.75) is 76.9 Å². The highest BCUT2D eigenvalue weighted by Gasteiger charge is 2.71. The highest BCUT2D eigenvalue weighted by molar-refractivity contribution is 5.87. The number of hydrogen-bond acceptors (Lipinski definition) is 6. The molecule has 0 bridgehead atoms. The van der Waals surface area contributed by atoms with Crippen LogP contribution in [0.15, 0.2) is 11.6 Å². The van der Waals surface area contributed by atoms with Crippen molar-refractivity contribution in [3.63, 3.8) is 0 Å². The number of likely N-dealkylation sites (N-methyl/N-ethyl adjacent to an activating group) is 2. The Hall–Kier alpha value is -1.77. The maximum absolute atomic E-state index is 13.9. The first-order chi connectivity index (χ1) is 18.9. The summed E-state index contributed by atoms with van der Waals surface area (Å²) in [5, 5.41) is 12.9. The number of aliphatic hydroxyl groups is 1. The molecule has 0 aromatic heterocycles. The Kier molecular flexibility index (Phi) is 7.60. The summed E-state index contributed by atoms with van der Waals surface area (Å²) in [6, 6.07) is 0. The van der Waals surface area contributed by atoms with Crippen molar-refractivity contribution in [2.24, 2.45) is 40.4 Å². The van der Waals surface area contributed by atoms with Crippen LogP contribution in [-0.2, 0) is 23.9 Å². The van der Waals surface area contributed by atoms with Gasteiger partial charge in [-0.05, 0) is 80.1 Å². The molecule has 5 rings (SSSR count). The number of carbonyl (C=O) groups excluding carboxylic acids is 3. The second-order valence-electron chi connectivity index (χ2n) is 16.7. The van der Waals surface area contributed by atoms with E-state index >= 15 is 0 Å². The number of quaternary nitrogens is 2. The molecule has 0 aromatic rings. The summed E-state index contributed by atoms with van der Waals surface area (Å²) < 4.78 is 12.4. The Morgan fingerprint density at radius 3 is 2.27 bits per heavy atom. The molecule has 0 spiro atoms. The molecule has 1 N–H and O–H groups in total. The minimum Gasteiger partial charge on any atom is -0.458 e. The van der Waals surface area contributed by atoms with Gasteiger partial charge in [0.2, 0.25) is 0 Å². The van der Waals surface area contributed by atoms with E-state index in [2.05, 4.69) is 13.8 Å². The molecule has 230 valence electrons. The van der Waals surface area contributed by atoms with Crippen LogP contribution in [0.4, 0.5) is 0 Å². The smallest absolute Gasteiger partial charge is 0.362 e. The first-order valence-corrected chi connectivity index (χ1v) is 15.8. The zero-order chi connectivity index (χ0) is 30.2. The predicted molar refractivity (Wildman–Crippen MR) is 155 cm³/mol. The molecular formula is C33H54N2O6+2. The fourth-order valence-electron chi connectivity index (χ4n) is 10.1. The van der Waals surface area contributed by atoms with Crippen LogP contribution in [0.5, 0.6) is 0 Å². The van der Waals surface area contributed by atoms with Gasteiger partial charge in [-0.1, -0.05) is 13.8 Å². The third-order valence-corrected chi connectivity index (χ3v) is 11.9. The van der Waals surface area contributed by atoms with Crippen molar-refractivity contribution < 1.29 is 37.9 Å². The maximum Gasteiger partial charge on any atom is 0.362 e. The van der Waals surface area contributed by atoms with E-state index in [1.807, 2.05) is 42.3 Å². The van der Waals surface area contributed by atoms with Gasteiger partial charge in [-0.15, -0.1) is 0 Å². The number of ether oxygens (including phenoxy) is 2. The number of carbonyl (C=O) groups is 3. The lowest BCUT2D eigenvalue weighted by Gasteiger charge is -2.63. The summed E-state index contributed by atoms with van der Waals surface area (Å²) in [6.45, 7) is 5.61. The molecule has 0 amide bonds. The highest BCUT2D eigenvalue weighted by Crippen LogP contribution is 2.71. The van der Waals surface area contributed by atoms with Crippen molar-refractivity contribution in [3.05, 3.63) is 11.6 Å². The van der Waals surface area contributed by atoms with Crippen LogP contribution in [0.1, 0.15) is 65.2 Å². The maximum atomic E-state index is 13.9. The highest BCUT2D eigenvalue weighted by atomic mass is 16.5. The molecular weight excluding hydrogens is 520 g/mol. The quantitative estimate of drug-likeness (QED) is 0.371. The topological polar surface area (TPSA) is 89.9 Å². The minimum atomic E-state index is -0.972. The van der Waals surface area contributed by atoms with Gasteiger partial charge in [0.25, 0.3) is 0 Å². The predicted octanol–water partition coefficient (Wildman–Crippen LogP) is 3.36. The molecule has 7 unspecified atom stereocenters. The molecule has 9 atom stereocenters.